The fraction of sp³-hybridized carbons (Fsp3) is 0.692. The fourth-order valence-electron chi connectivity index (χ4n) is 4.46. The summed E-state index contributed by atoms with van der Waals surface area (Å²) >= 11 is 0. The van der Waals surface area contributed by atoms with Crippen molar-refractivity contribution in [3.63, 3.8) is 0 Å². The van der Waals surface area contributed by atoms with Crippen LogP contribution in [0.25, 0.3) is 0 Å². The Hall–Kier alpha value is -1.72. The first-order chi connectivity index (χ1) is 15.5. The quantitative estimate of drug-likeness (QED) is 0.389. The van der Waals surface area contributed by atoms with E-state index in [4.69, 9.17) is 18.6 Å². The summed E-state index contributed by atoms with van der Waals surface area (Å²) in [6.45, 7) is 13.7. The van der Waals surface area contributed by atoms with E-state index in [9.17, 15) is 10.1 Å². The van der Waals surface area contributed by atoms with Gasteiger partial charge in [0.2, 0.25) is 0 Å². The lowest BCUT2D eigenvalue weighted by Gasteiger charge is -2.45. The number of hydrogen-bond donors (Lipinski definition) is 0. The monoisotopic (exact) mass is 473 g/mol. The predicted molar refractivity (Wildman–Crippen MR) is 129 cm³/mol. The van der Waals surface area contributed by atoms with Crippen LogP contribution in [0, 0.1) is 22.7 Å². The maximum atomic E-state index is 13.3. The number of carbonyl (C=O) groups excluding carboxylic acids is 1. The standard InChI is InChI=1S/C26H39NO5Si/c1-7-29-23(28)25(18-27,19-32-33(5,6)24(2,3)4)22-13-10-14-26(15-22)30-16-20-11-8-9-12-21(20)17-31-26/h8-9,11-12,22H,7,10,13-17,19H2,1-6H3/t22-,25?/m0/s1. The van der Waals surface area contributed by atoms with Crippen molar-refractivity contribution in [2.24, 2.45) is 11.3 Å². The van der Waals surface area contributed by atoms with E-state index in [0.717, 1.165) is 30.4 Å². The van der Waals surface area contributed by atoms with Crippen LogP contribution in [-0.2, 0) is 36.6 Å². The summed E-state index contributed by atoms with van der Waals surface area (Å²) < 4.78 is 24.6. The highest BCUT2D eigenvalue weighted by atomic mass is 28.4. The molecule has 1 fully saturated rings. The van der Waals surface area contributed by atoms with Gasteiger partial charge in [-0.25, -0.2) is 0 Å². The minimum absolute atomic E-state index is 0.0318. The van der Waals surface area contributed by atoms with Crippen LogP contribution >= 0.6 is 0 Å². The molecule has 1 saturated carbocycles. The second kappa shape index (κ2) is 9.87. The third-order valence-electron chi connectivity index (χ3n) is 7.77. The Kier molecular flexibility index (Phi) is 7.74. The SMILES string of the molecule is CCOC(=O)C(C#N)(CO[Si](C)(C)C(C)(C)C)[C@H]1CCCC2(C1)OCc1ccccc1CO2. The normalized spacial score (nSPS) is 22.5. The molecule has 1 aromatic rings. The van der Waals surface area contributed by atoms with Crippen molar-refractivity contribution >= 4 is 14.3 Å². The summed E-state index contributed by atoms with van der Waals surface area (Å²) in [4.78, 5) is 13.3. The van der Waals surface area contributed by atoms with Gasteiger partial charge in [-0.3, -0.25) is 4.79 Å². The molecule has 2 aliphatic rings. The molecule has 6 nitrogen and oxygen atoms in total. The minimum Gasteiger partial charge on any atom is -0.465 e. The number of hydrogen-bond acceptors (Lipinski definition) is 6. The van der Waals surface area contributed by atoms with E-state index >= 15 is 0 Å². The summed E-state index contributed by atoms with van der Waals surface area (Å²) in [6, 6.07) is 10.5. The van der Waals surface area contributed by atoms with Gasteiger partial charge in [-0.1, -0.05) is 45.0 Å². The minimum atomic E-state index is -2.18. The van der Waals surface area contributed by atoms with Crippen molar-refractivity contribution in [2.75, 3.05) is 13.2 Å². The van der Waals surface area contributed by atoms with Gasteiger partial charge < -0.3 is 18.6 Å². The summed E-state index contributed by atoms with van der Waals surface area (Å²) in [7, 11) is -2.18. The van der Waals surface area contributed by atoms with Crippen LogP contribution in [0.1, 0.15) is 64.5 Å². The number of nitriles is 1. The third kappa shape index (κ3) is 5.35. The zero-order chi connectivity index (χ0) is 24.3. The van der Waals surface area contributed by atoms with Gasteiger partial charge in [-0.05, 0) is 54.9 Å². The van der Waals surface area contributed by atoms with Crippen LogP contribution in [-0.4, -0.2) is 33.3 Å². The van der Waals surface area contributed by atoms with Crippen molar-refractivity contribution in [3.8, 4) is 6.07 Å². The van der Waals surface area contributed by atoms with E-state index in [-0.39, 0.29) is 24.2 Å². The molecule has 0 radical (unpaired) electrons. The molecule has 1 aliphatic carbocycles. The summed E-state index contributed by atoms with van der Waals surface area (Å²) in [6.07, 6.45) is 2.75. The van der Waals surface area contributed by atoms with Crippen molar-refractivity contribution in [1.29, 1.82) is 5.26 Å². The molecular formula is C26H39NO5Si. The predicted octanol–water partition coefficient (Wildman–Crippen LogP) is 5.71. The molecule has 33 heavy (non-hydrogen) atoms. The maximum absolute atomic E-state index is 13.3. The Bertz CT molecular complexity index is 860. The van der Waals surface area contributed by atoms with Crippen molar-refractivity contribution < 1.29 is 23.4 Å². The van der Waals surface area contributed by atoms with Crippen molar-refractivity contribution in [1.82, 2.24) is 0 Å². The molecular weight excluding hydrogens is 434 g/mol. The second-order valence-corrected chi connectivity index (χ2v) is 15.7. The topological polar surface area (TPSA) is 77.8 Å². The van der Waals surface area contributed by atoms with Crippen LogP contribution in [0.4, 0.5) is 0 Å². The maximum Gasteiger partial charge on any atom is 0.329 e. The molecule has 0 aromatic heterocycles. The smallest absolute Gasteiger partial charge is 0.329 e. The van der Waals surface area contributed by atoms with E-state index < -0.39 is 25.5 Å². The third-order valence-corrected chi connectivity index (χ3v) is 12.2. The molecule has 0 amide bonds. The molecule has 2 atom stereocenters. The van der Waals surface area contributed by atoms with Crippen LogP contribution in [0.2, 0.25) is 18.1 Å². The van der Waals surface area contributed by atoms with Crippen molar-refractivity contribution in [2.45, 2.75) is 90.5 Å². The van der Waals surface area contributed by atoms with E-state index in [2.05, 4.69) is 52.1 Å². The molecule has 182 valence electrons. The Morgan fingerprint density at radius 2 is 1.82 bits per heavy atom. The number of fused-ring (bicyclic) bond motifs is 1. The molecule has 1 spiro atoms. The molecule has 0 N–H and O–H groups in total. The zero-order valence-electron chi connectivity index (χ0n) is 21.0. The lowest BCUT2D eigenvalue weighted by Crippen LogP contribution is -2.52. The van der Waals surface area contributed by atoms with Gasteiger partial charge in [0.25, 0.3) is 0 Å². The molecule has 1 heterocycles. The molecule has 0 saturated heterocycles. The van der Waals surface area contributed by atoms with E-state index in [1.54, 1.807) is 6.92 Å². The highest BCUT2D eigenvalue weighted by molar-refractivity contribution is 6.74. The van der Waals surface area contributed by atoms with Gasteiger partial charge >= 0.3 is 5.97 Å². The van der Waals surface area contributed by atoms with Gasteiger partial charge in [0.15, 0.2) is 19.5 Å². The average Bonchev–Trinajstić information content (AvgIpc) is 2.94. The first-order valence-electron chi connectivity index (χ1n) is 12.1. The average molecular weight is 474 g/mol. The number of benzene rings is 1. The highest BCUT2D eigenvalue weighted by Crippen LogP contribution is 2.48. The van der Waals surface area contributed by atoms with Gasteiger partial charge in [0.1, 0.15) is 0 Å². The summed E-state index contributed by atoms with van der Waals surface area (Å²) in [5.74, 6) is -1.58. The Labute approximate surface area is 199 Å². The van der Waals surface area contributed by atoms with Crippen molar-refractivity contribution in [3.05, 3.63) is 35.4 Å². The summed E-state index contributed by atoms with van der Waals surface area (Å²) in [5.41, 5.74) is 0.856. The lowest BCUT2D eigenvalue weighted by atomic mass is 9.68. The second-order valence-electron chi connectivity index (χ2n) is 10.9. The van der Waals surface area contributed by atoms with Crippen LogP contribution in [0.3, 0.4) is 0 Å². The van der Waals surface area contributed by atoms with Gasteiger partial charge in [-0.2, -0.15) is 5.26 Å². The molecule has 1 aromatic carbocycles. The number of nitrogens with zero attached hydrogens (tertiary/aromatic N) is 1. The Morgan fingerprint density at radius 1 is 1.21 bits per heavy atom. The molecule has 7 heteroatoms. The first-order valence-corrected chi connectivity index (χ1v) is 15.0. The lowest BCUT2D eigenvalue weighted by molar-refractivity contribution is -0.270. The van der Waals surface area contributed by atoms with Gasteiger partial charge in [0, 0.05) is 12.8 Å². The number of carbonyl (C=O) groups is 1. The number of ether oxygens (including phenoxy) is 3. The number of rotatable bonds is 6. The van der Waals surface area contributed by atoms with Crippen LogP contribution in [0.5, 0.6) is 0 Å². The van der Waals surface area contributed by atoms with Gasteiger partial charge in [-0.15, -0.1) is 0 Å². The Morgan fingerprint density at radius 3 is 2.33 bits per heavy atom. The van der Waals surface area contributed by atoms with Crippen LogP contribution < -0.4 is 0 Å². The largest absolute Gasteiger partial charge is 0.465 e. The highest BCUT2D eigenvalue weighted by Gasteiger charge is 2.55. The molecule has 1 aliphatic heterocycles. The molecule has 3 rings (SSSR count). The first kappa shape index (κ1) is 25.9. The van der Waals surface area contributed by atoms with E-state index in [0.29, 0.717) is 19.6 Å². The van der Waals surface area contributed by atoms with E-state index in [1.165, 1.54) is 0 Å². The molecule has 0 bridgehead atoms. The summed E-state index contributed by atoms with van der Waals surface area (Å²) in [5, 5.41) is 10.4. The van der Waals surface area contributed by atoms with E-state index in [1.807, 2.05) is 12.1 Å². The zero-order valence-corrected chi connectivity index (χ0v) is 22.0. The fourth-order valence-corrected chi connectivity index (χ4v) is 5.48. The number of esters is 1. The van der Waals surface area contributed by atoms with Gasteiger partial charge in [0.05, 0.1) is 32.5 Å². The Balaban J connectivity index is 1.87. The van der Waals surface area contributed by atoms with Crippen LogP contribution in [0.15, 0.2) is 24.3 Å². The molecule has 1 unspecified atom stereocenters.